The van der Waals surface area contributed by atoms with Gasteiger partial charge in [0.05, 0.1) is 11.5 Å². The highest BCUT2D eigenvalue weighted by Crippen LogP contribution is 2.33. The molecule has 0 bridgehead atoms. The van der Waals surface area contributed by atoms with E-state index in [2.05, 4.69) is 38.2 Å². The second-order valence-corrected chi connectivity index (χ2v) is 9.68. The van der Waals surface area contributed by atoms with Gasteiger partial charge < -0.3 is 4.42 Å². The zero-order valence-corrected chi connectivity index (χ0v) is 19.8. The first-order chi connectivity index (χ1) is 16.5. The van der Waals surface area contributed by atoms with Crippen LogP contribution in [0.5, 0.6) is 0 Å². The average Bonchev–Trinajstić information content (AvgIpc) is 3.51. The van der Waals surface area contributed by atoms with E-state index in [0.29, 0.717) is 23.9 Å². The second-order valence-electron chi connectivity index (χ2n) is 8.10. The van der Waals surface area contributed by atoms with Crippen LogP contribution >= 0.6 is 22.9 Å². The summed E-state index contributed by atoms with van der Waals surface area (Å²) in [5.41, 5.74) is 1.78. The van der Waals surface area contributed by atoms with Crippen molar-refractivity contribution < 1.29 is 9.34 Å². The Balaban J connectivity index is 1.13. The summed E-state index contributed by atoms with van der Waals surface area (Å²) in [5.74, 6) is 0.917. The number of hydrogen-bond acceptors (Lipinski definition) is 8. The molecule has 0 unspecified atom stereocenters. The summed E-state index contributed by atoms with van der Waals surface area (Å²) in [6.07, 6.45) is 0. The molecular formula is C24H22ClN5O3S. The molecule has 1 aliphatic rings. The van der Waals surface area contributed by atoms with E-state index < -0.39 is 4.92 Å². The van der Waals surface area contributed by atoms with Crippen molar-refractivity contribution in [1.82, 2.24) is 20.0 Å². The maximum atomic E-state index is 10.8. The molecule has 0 aliphatic carbocycles. The van der Waals surface area contributed by atoms with Crippen LogP contribution in [0, 0.1) is 10.1 Å². The zero-order valence-electron chi connectivity index (χ0n) is 18.3. The standard InChI is InChI=1S/C24H22ClN5O3S/c25-21-4-2-1-3-20(21)22-10-9-19(34-22)15-28-11-13-29(14-12-28)16-23-26-27-24(33-23)17-5-7-18(8-6-17)30(31)32/h1-10H,11-16H2. The first-order valence-electron chi connectivity index (χ1n) is 10.9. The van der Waals surface area contributed by atoms with Gasteiger partial charge in [-0.05, 0) is 30.3 Å². The van der Waals surface area contributed by atoms with E-state index in [0.717, 1.165) is 43.3 Å². The van der Waals surface area contributed by atoms with E-state index in [-0.39, 0.29) is 5.69 Å². The number of nitro groups is 1. The van der Waals surface area contributed by atoms with Crippen LogP contribution in [0.15, 0.2) is 65.1 Å². The fourth-order valence-electron chi connectivity index (χ4n) is 3.95. The van der Waals surface area contributed by atoms with Crippen molar-refractivity contribution in [2.24, 2.45) is 0 Å². The van der Waals surface area contributed by atoms with Crippen LogP contribution in [-0.4, -0.2) is 51.1 Å². The van der Waals surface area contributed by atoms with Gasteiger partial charge in [-0.2, -0.15) is 0 Å². The van der Waals surface area contributed by atoms with Crippen molar-refractivity contribution in [3.05, 3.63) is 86.6 Å². The molecule has 5 rings (SSSR count). The third kappa shape index (κ3) is 5.18. The van der Waals surface area contributed by atoms with Crippen molar-refractivity contribution in [3.63, 3.8) is 0 Å². The highest BCUT2D eigenvalue weighted by atomic mass is 35.5. The van der Waals surface area contributed by atoms with Crippen LogP contribution in [0.1, 0.15) is 10.8 Å². The van der Waals surface area contributed by atoms with E-state index in [1.54, 1.807) is 23.5 Å². The van der Waals surface area contributed by atoms with Gasteiger partial charge in [0.2, 0.25) is 11.8 Å². The lowest BCUT2D eigenvalue weighted by molar-refractivity contribution is -0.384. The van der Waals surface area contributed by atoms with Crippen molar-refractivity contribution in [3.8, 4) is 21.9 Å². The summed E-state index contributed by atoms with van der Waals surface area (Å²) in [6.45, 7) is 5.26. The smallest absolute Gasteiger partial charge is 0.269 e. The molecule has 0 saturated carbocycles. The highest BCUT2D eigenvalue weighted by molar-refractivity contribution is 7.15. The van der Waals surface area contributed by atoms with Gasteiger partial charge in [0.15, 0.2) is 0 Å². The molecule has 174 valence electrons. The molecule has 34 heavy (non-hydrogen) atoms. The van der Waals surface area contributed by atoms with Gasteiger partial charge in [-0.1, -0.05) is 29.8 Å². The third-order valence-electron chi connectivity index (χ3n) is 5.80. The Bertz CT molecular complexity index is 1280. The highest BCUT2D eigenvalue weighted by Gasteiger charge is 2.20. The van der Waals surface area contributed by atoms with Gasteiger partial charge in [0.1, 0.15) is 0 Å². The number of aromatic nitrogens is 2. The van der Waals surface area contributed by atoms with E-state index in [1.807, 2.05) is 18.2 Å². The number of rotatable bonds is 7. The minimum atomic E-state index is -0.432. The normalized spacial score (nSPS) is 15.0. The molecule has 10 heteroatoms. The van der Waals surface area contributed by atoms with Gasteiger partial charge in [0.25, 0.3) is 5.69 Å². The SMILES string of the molecule is O=[N+]([O-])c1ccc(-c2nnc(CN3CCN(Cc4ccc(-c5ccccc5Cl)s4)CC3)o2)cc1. The van der Waals surface area contributed by atoms with Gasteiger partial charge in [-0.15, -0.1) is 21.5 Å². The predicted molar refractivity (Wildman–Crippen MR) is 132 cm³/mol. The fourth-order valence-corrected chi connectivity index (χ4v) is 5.33. The molecule has 3 heterocycles. The molecular weight excluding hydrogens is 474 g/mol. The zero-order chi connectivity index (χ0) is 23.5. The lowest BCUT2D eigenvalue weighted by atomic mass is 10.2. The number of hydrogen-bond donors (Lipinski definition) is 0. The van der Waals surface area contributed by atoms with Crippen molar-refractivity contribution in [2.45, 2.75) is 13.1 Å². The predicted octanol–water partition coefficient (Wildman–Crippen LogP) is 5.34. The van der Waals surface area contributed by atoms with E-state index in [1.165, 1.54) is 21.9 Å². The molecule has 1 aliphatic heterocycles. The van der Waals surface area contributed by atoms with E-state index in [4.69, 9.17) is 16.0 Å². The monoisotopic (exact) mass is 495 g/mol. The van der Waals surface area contributed by atoms with Gasteiger partial charge in [0, 0.05) is 70.8 Å². The molecule has 8 nitrogen and oxygen atoms in total. The Morgan fingerprint density at radius 2 is 1.65 bits per heavy atom. The first-order valence-corrected chi connectivity index (χ1v) is 12.1. The Hall–Kier alpha value is -3.11. The molecule has 2 aromatic heterocycles. The lowest BCUT2D eigenvalue weighted by Crippen LogP contribution is -2.45. The van der Waals surface area contributed by atoms with Crippen LogP contribution in [0.2, 0.25) is 5.02 Å². The molecule has 0 spiro atoms. The first kappa shape index (κ1) is 22.7. The Kier molecular flexibility index (Phi) is 6.68. The number of nitro benzene ring substituents is 1. The third-order valence-corrected chi connectivity index (χ3v) is 7.23. The van der Waals surface area contributed by atoms with E-state index >= 15 is 0 Å². The molecule has 2 aromatic carbocycles. The van der Waals surface area contributed by atoms with Crippen LogP contribution in [0.3, 0.4) is 0 Å². The number of benzene rings is 2. The number of thiophene rings is 1. The van der Waals surface area contributed by atoms with Crippen LogP contribution in [-0.2, 0) is 13.1 Å². The number of non-ortho nitro benzene ring substituents is 1. The molecule has 0 amide bonds. The van der Waals surface area contributed by atoms with Crippen molar-refractivity contribution in [1.29, 1.82) is 0 Å². The van der Waals surface area contributed by atoms with E-state index in [9.17, 15) is 10.1 Å². The summed E-state index contributed by atoms with van der Waals surface area (Å²) in [7, 11) is 0. The van der Waals surface area contributed by atoms with Gasteiger partial charge in [-0.3, -0.25) is 19.9 Å². The minimum Gasteiger partial charge on any atom is -0.419 e. The molecule has 0 radical (unpaired) electrons. The quantitative estimate of drug-likeness (QED) is 0.252. The average molecular weight is 496 g/mol. The molecule has 0 N–H and O–H groups in total. The van der Waals surface area contributed by atoms with Crippen LogP contribution < -0.4 is 0 Å². The number of piperazine rings is 1. The summed E-state index contributed by atoms with van der Waals surface area (Å²) >= 11 is 8.14. The largest absolute Gasteiger partial charge is 0.419 e. The summed E-state index contributed by atoms with van der Waals surface area (Å²) in [6, 6.07) is 18.4. The molecule has 1 saturated heterocycles. The van der Waals surface area contributed by atoms with Crippen molar-refractivity contribution in [2.75, 3.05) is 26.2 Å². The summed E-state index contributed by atoms with van der Waals surface area (Å²) < 4.78 is 5.79. The van der Waals surface area contributed by atoms with Crippen LogP contribution in [0.4, 0.5) is 5.69 Å². The molecule has 1 fully saturated rings. The van der Waals surface area contributed by atoms with Gasteiger partial charge in [-0.25, -0.2) is 0 Å². The number of halogens is 1. The van der Waals surface area contributed by atoms with Crippen molar-refractivity contribution >= 4 is 28.6 Å². The number of nitrogens with zero attached hydrogens (tertiary/aromatic N) is 5. The minimum absolute atomic E-state index is 0.0315. The molecule has 0 atom stereocenters. The summed E-state index contributed by atoms with van der Waals surface area (Å²) in [4.78, 5) is 17.7. The molecule has 4 aromatic rings. The Labute approximate surface area is 205 Å². The van der Waals surface area contributed by atoms with Gasteiger partial charge >= 0.3 is 0 Å². The maximum absolute atomic E-state index is 10.8. The maximum Gasteiger partial charge on any atom is 0.269 e. The Morgan fingerprint density at radius 1 is 0.941 bits per heavy atom. The Morgan fingerprint density at radius 3 is 2.35 bits per heavy atom. The second kappa shape index (κ2) is 10.0. The summed E-state index contributed by atoms with van der Waals surface area (Å²) in [5, 5.41) is 19.8. The topological polar surface area (TPSA) is 88.5 Å². The fraction of sp³-hybridized carbons (Fsp3) is 0.250. The lowest BCUT2D eigenvalue weighted by Gasteiger charge is -2.33. The van der Waals surface area contributed by atoms with Crippen LogP contribution in [0.25, 0.3) is 21.9 Å².